The van der Waals surface area contributed by atoms with Crippen molar-refractivity contribution in [1.82, 2.24) is 0 Å². The number of nitrogens with one attached hydrogen (secondary N) is 1. The molecule has 0 aliphatic rings. The molecule has 0 bridgehead atoms. The second-order valence-corrected chi connectivity index (χ2v) is 7.17. The van der Waals surface area contributed by atoms with Crippen LogP contribution in [-0.4, -0.2) is 25.3 Å². The number of ketones is 1. The minimum Gasteiger partial charge on any atom is -0.478 e. The number of aliphatic carboxylic acids is 1. The summed E-state index contributed by atoms with van der Waals surface area (Å²) in [5.41, 5.74) is 1.78. The van der Waals surface area contributed by atoms with Crippen LogP contribution in [0.25, 0.3) is 6.08 Å². The first kappa shape index (κ1) is 18.4. The molecule has 2 aromatic carbocycles. The maximum atomic E-state index is 12.5. The fourth-order valence-electron chi connectivity index (χ4n) is 2.11. The van der Waals surface area contributed by atoms with Crippen molar-refractivity contribution in [1.29, 1.82) is 0 Å². The molecule has 130 valence electrons. The fraction of sp³-hybridized carbons (Fsp3) is 0.111. The van der Waals surface area contributed by atoms with Gasteiger partial charge in [0, 0.05) is 11.6 Å². The molecule has 2 N–H and O–H groups in total. The van der Waals surface area contributed by atoms with Gasteiger partial charge in [-0.25, -0.2) is 13.2 Å². The summed E-state index contributed by atoms with van der Waals surface area (Å²) in [4.78, 5) is 22.4. The molecule has 6 nitrogen and oxygen atoms in total. The largest absolute Gasteiger partial charge is 0.478 e. The maximum absolute atomic E-state index is 12.5. The van der Waals surface area contributed by atoms with Crippen molar-refractivity contribution in [3.8, 4) is 0 Å². The lowest BCUT2D eigenvalue weighted by Gasteiger charge is -2.10. The molecule has 7 heteroatoms. The zero-order valence-corrected chi connectivity index (χ0v) is 14.5. The Morgan fingerprint density at radius 3 is 2.28 bits per heavy atom. The molecule has 0 aliphatic carbocycles. The third-order valence-electron chi connectivity index (χ3n) is 3.36. The average Bonchev–Trinajstić information content (AvgIpc) is 2.52. The van der Waals surface area contributed by atoms with Crippen LogP contribution in [-0.2, 0) is 14.8 Å². The number of hydrogen-bond acceptors (Lipinski definition) is 4. The number of rotatable bonds is 6. The third-order valence-corrected chi connectivity index (χ3v) is 4.76. The Labute approximate surface area is 145 Å². The number of carbonyl (C=O) groups is 2. The van der Waals surface area contributed by atoms with Crippen LogP contribution in [0.1, 0.15) is 28.4 Å². The summed E-state index contributed by atoms with van der Waals surface area (Å²) in [6.07, 6.45) is 2.20. The van der Waals surface area contributed by atoms with E-state index in [-0.39, 0.29) is 21.9 Å². The Morgan fingerprint density at radius 1 is 1.08 bits per heavy atom. The number of anilines is 1. The van der Waals surface area contributed by atoms with Gasteiger partial charge in [-0.05, 0) is 55.8 Å². The summed E-state index contributed by atoms with van der Waals surface area (Å²) in [7, 11) is -3.82. The summed E-state index contributed by atoms with van der Waals surface area (Å²) < 4.78 is 27.3. The van der Waals surface area contributed by atoms with E-state index >= 15 is 0 Å². The lowest BCUT2D eigenvalue weighted by Crippen LogP contribution is -2.13. The van der Waals surface area contributed by atoms with Gasteiger partial charge in [-0.3, -0.25) is 9.52 Å². The van der Waals surface area contributed by atoms with Crippen LogP contribution in [0, 0.1) is 6.92 Å². The highest BCUT2D eigenvalue weighted by atomic mass is 32.2. The van der Waals surface area contributed by atoms with E-state index < -0.39 is 16.0 Å². The van der Waals surface area contributed by atoms with Gasteiger partial charge in [0.25, 0.3) is 10.0 Å². The lowest BCUT2D eigenvalue weighted by atomic mass is 10.1. The minimum atomic E-state index is -3.82. The highest BCUT2D eigenvalue weighted by molar-refractivity contribution is 7.92. The van der Waals surface area contributed by atoms with Crippen LogP contribution in [0.3, 0.4) is 0 Å². The predicted octanol–water partition coefficient (Wildman–Crippen LogP) is 3.10. The monoisotopic (exact) mass is 359 g/mol. The van der Waals surface area contributed by atoms with Crippen LogP contribution >= 0.6 is 0 Å². The summed E-state index contributed by atoms with van der Waals surface area (Å²) >= 11 is 0. The van der Waals surface area contributed by atoms with Crippen molar-refractivity contribution in [2.45, 2.75) is 18.7 Å². The third kappa shape index (κ3) is 5.02. The number of Topliss-reactive ketones (excluding diaryl/α,β-unsaturated/α-hetero) is 1. The van der Waals surface area contributed by atoms with Crippen LogP contribution in [0.5, 0.6) is 0 Å². The number of carboxylic acid groups (broad SMARTS) is 1. The molecule has 0 radical (unpaired) electrons. The van der Waals surface area contributed by atoms with Gasteiger partial charge >= 0.3 is 5.97 Å². The molecule has 2 aromatic rings. The van der Waals surface area contributed by atoms with E-state index in [1.54, 1.807) is 12.1 Å². The minimum absolute atomic E-state index is 0.0916. The quantitative estimate of drug-likeness (QED) is 0.610. The van der Waals surface area contributed by atoms with E-state index in [2.05, 4.69) is 4.72 Å². The highest BCUT2D eigenvalue weighted by Gasteiger charge is 2.15. The smallest absolute Gasteiger partial charge is 0.328 e. The molecule has 0 spiro atoms. The topological polar surface area (TPSA) is 101 Å². The van der Waals surface area contributed by atoms with E-state index in [1.165, 1.54) is 43.3 Å². The van der Waals surface area contributed by atoms with E-state index in [0.717, 1.165) is 11.6 Å². The summed E-state index contributed by atoms with van der Waals surface area (Å²) in [5, 5.41) is 8.71. The molecule has 0 fully saturated rings. The highest BCUT2D eigenvalue weighted by Crippen LogP contribution is 2.21. The molecular formula is C18H17NO5S. The SMILES string of the molecule is CC(=O)c1cc(C=CC(=O)O)cc(NS(=O)(=O)c2ccc(C)cc2)c1. The van der Waals surface area contributed by atoms with Crippen LogP contribution in [0.2, 0.25) is 0 Å². The number of aryl methyl sites for hydroxylation is 1. The molecule has 0 saturated carbocycles. The van der Waals surface area contributed by atoms with Gasteiger partial charge in [-0.1, -0.05) is 17.7 Å². The molecule has 0 aliphatic heterocycles. The van der Waals surface area contributed by atoms with Crippen molar-refractivity contribution in [2.75, 3.05) is 4.72 Å². The zero-order chi connectivity index (χ0) is 18.6. The van der Waals surface area contributed by atoms with Crippen LogP contribution < -0.4 is 4.72 Å². The van der Waals surface area contributed by atoms with Crippen LogP contribution in [0.4, 0.5) is 5.69 Å². The number of sulfonamides is 1. The van der Waals surface area contributed by atoms with Gasteiger partial charge in [0.05, 0.1) is 10.6 Å². The number of benzene rings is 2. The molecule has 0 saturated heterocycles. The van der Waals surface area contributed by atoms with Crippen molar-refractivity contribution in [3.63, 3.8) is 0 Å². The van der Waals surface area contributed by atoms with E-state index in [4.69, 9.17) is 5.11 Å². The zero-order valence-electron chi connectivity index (χ0n) is 13.7. The molecule has 25 heavy (non-hydrogen) atoms. The van der Waals surface area contributed by atoms with Gasteiger partial charge in [0.2, 0.25) is 0 Å². The summed E-state index contributed by atoms with van der Waals surface area (Å²) in [5.74, 6) is -1.41. The molecule has 0 aromatic heterocycles. The van der Waals surface area contributed by atoms with E-state index in [0.29, 0.717) is 5.56 Å². The second-order valence-electron chi connectivity index (χ2n) is 5.49. The molecule has 0 amide bonds. The Morgan fingerprint density at radius 2 is 1.72 bits per heavy atom. The van der Waals surface area contributed by atoms with Gasteiger partial charge in [-0.15, -0.1) is 0 Å². The number of carbonyl (C=O) groups excluding carboxylic acids is 1. The van der Waals surface area contributed by atoms with Crippen molar-refractivity contribution in [2.24, 2.45) is 0 Å². The van der Waals surface area contributed by atoms with Gasteiger partial charge < -0.3 is 5.11 Å². The van der Waals surface area contributed by atoms with Gasteiger partial charge in [0.1, 0.15) is 0 Å². The summed E-state index contributed by atoms with van der Waals surface area (Å²) in [6, 6.07) is 10.7. The first-order valence-corrected chi connectivity index (χ1v) is 8.82. The predicted molar refractivity (Wildman–Crippen MR) is 95.1 cm³/mol. The first-order valence-electron chi connectivity index (χ1n) is 7.34. The van der Waals surface area contributed by atoms with E-state index in [1.807, 2.05) is 6.92 Å². The number of hydrogen-bond donors (Lipinski definition) is 2. The standard InChI is InChI=1S/C18H17NO5S/c1-12-3-6-17(7-4-12)25(23,24)19-16-10-14(5-8-18(21)22)9-15(11-16)13(2)20/h3-11,19H,1-2H3,(H,21,22). The summed E-state index contributed by atoms with van der Waals surface area (Å²) in [6.45, 7) is 3.19. The molecule has 0 unspecified atom stereocenters. The molecular weight excluding hydrogens is 342 g/mol. The first-order chi connectivity index (χ1) is 11.7. The van der Waals surface area contributed by atoms with Gasteiger partial charge in [-0.2, -0.15) is 0 Å². The normalized spacial score (nSPS) is 11.4. The maximum Gasteiger partial charge on any atom is 0.328 e. The molecule has 0 heterocycles. The Balaban J connectivity index is 2.42. The van der Waals surface area contributed by atoms with Gasteiger partial charge in [0.15, 0.2) is 5.78 Å². The van der Waals surface area contributed by atoms with Crippen molar-refractivity contribution in [3.05, 3.63) is 65.2 Å². The lowest BCUT2D eigenvalue weighted by molar-refractivity contribution is -0.131. The average molecular weight is 359 g/mol. The van der Waals surface area contributed by atoms with Crippen molar-refractivity contribution >= 4 is 33.5 Å². The van der Waals surface area contributed by atoms with Crippen LogP contribution in [0.15, 0.2) is 53.4 Å². The number of carboxylic acids is 1. The molecule has 0 atom stereocenters. The Kier molecular flexibility index (Phi) is 5.38. The Hall–Kier alpha value is -2.93. The van der Waals surface area contributed by atoms with E-state index in [9.17, 15) is 18.0 Å². The molecule has 2 rings (SSSR count). The second kappa shape index (κ2) is 7.31. The Bertz CT molecular complexity index is 944. The van der Waals surface area contributed by atoms with Crippen molar-refractivity contribution < 1.29 is 23.1 Å². The fourth-order valence-corrected chi connectivity index (χ4v) is 3.15.